The van der Waals surface area contributed by atoms with Gasteiger partial charge in [0.25, 0.3) is 0 Å². The quantitative estimate of drug-likeness (QED) is 0.436. The number of aryl methyl sites for hydroxylation is 1. The normalized spacial score (nSPS) is 11.0. The Balaban J connectivity index is 2.13. The maximum absolute atomic E-state index is 13.0. The molecule has 25 heavy (non-hydrogen) atoms. The van der Waals surface area contributed by atoms with Crippen LogP contribution in [0.5, 0.6) is 0 Å². The van der Waals surface area contributed by atoms with E-state index in [2.05, 4.69) is 20.6 Å². The van der Waals surface area contributed by atoms with E-state index in [1.807, 2.05) is 13.0 Å². The third kappa shape index (κ3) is 4.96. The Kier molecular flexibility index (Phi) is 6.02. The van der Waals surface area contributed by atoms with E-state index in [-0.39, 0.29) is 10.9 Å². The molecule has 3 N–H and O–H groups in total. The van der Waals surface area contributed by atoms with Gasteiger partial charge in [-0.15, -0.1) is 0 Å². The second kappa shape index (κ2) is 8.02. The molecule has 0 saturated carbocycles. The molecule has 0 bridgehead atoms. The average molecular weight is 367 g/mol. The molecule has 0 aliphatic carbocycles. The number of halogens is 3. The number of pyridine rings is 2. The van der Waals surface area contributed by atoms with Crippen molar-refractivity contribution in [2.75, 3.05) is 5.32 Å². The van der Waals surface area contributed by atoms with Gasteiger partial charge in [0, 0.05) is 12.4 Å². The summed E-state index contributed by atoms with van der Waals surface area (Å²) >= 11 is 5.00. The van der Waals surface area contributed by atoms with Crippen molar-refractivity contribution in [2.45, 2.75) is 25.9 Å². The summed E-state index contributed by atoms with van der Waals surface area (Å²) in [7, 11) is 0. The first-order valence-electron chi connectivity index (χ1n) is 7.46. The molecule has 0 unspecified atom stereocenters. The summed E-state index contributed by atoms with van der Waals surface area (Å²) in [6.45, 7) is 2.00. The van der Waals surface area contributed by atoms with Crippen LogP contribution in [0.15, 0.2) is 36.7 Å². The van der Waals surface area contributed by atoms with E-state index in [0.29, 0.717) is 5.69 Å². The molecule has 132 valence electrons. The second-order valence-electron chi connectivity index (χ2n) is 5.11. The number of aromatic nitrogens is 2. The summed E-state index contributed by atoms with van der Waals surface area (Å²) in [5.74, 6) is -0.513. The maximum atomic E-state index is 13.0. The molecule has 0 aromatic carbocycles. The van der Waals surface area contributed by atoms with Crippen LogP contribution >= 0.6 is 12.2 Å². The zero-order valence-electron chi connectivity index (χ0n) is 13.3. The van der Waals surface area contributed by atoms with Gasteiger partial charge in [-0.05, 0) is 42.4 Å². The van der Waals surface area contributed by atoms with Crippen molar-refractivity contribution >= 4 is 29.0 Å². The molecule has 2 aromatic heterocycles. The Morgan fingerprint density at radius 3 is 2.56 bits per heavy atom. The summed E-state index contributed by atoms with van der Waals surface area (Å²) < 4.78 is 38.9. The van der Waals surface area contributed by atoms with Gasteiger partial charge in [-0.25, -0.2) is 4.98 Å². The smallest absolute Gasteiger partial charge is 0.317 e. The number of rotatable bonds is 4. The van der Waals surface area contributed by atoms with Gasteiger partial charge in [-0.3, -0.25) is 10.4 Å². The van der Waals surface area contributed by atoms with E-state index in [9.17, 15) is 13.2 Å². The highest BCUT2D eigenvalue weighted by molar-refractivity contribution is 7.80. The zero-order valence-corrected chi connectivity index (χ0v) is 14.1. The number of nitrogens with zero attached hydrogens (tertiary/aromatic N) is 2. The van der Waals surface area contributed by atoms with E-state index >= 15 is 0 Å². The SMILES string of the molecule is CCCc1cccnc1C(=N)NC(=S)Nc1ncccc1C(F)(F)F. The third-order valence-corrected chi connectivity index (χ3v) is 3.44. The van der Waals surface area contributed by atoms with Crippen molar-refractivity contribution < 1.29 is 13.2 Å². The van der Waals surface area contributed by atoms with Gasteiger partial charge in [0.05, 0.1) is 5.56 Å². The number of nitrogens with one attached hydrogen (secondary N) is 3. The number of amidine groups is 1. The zero-order chi connectivity index (χ0) is 18.4. The minimum Gasteiger partial charge on any atom is -0.317 e. The van der Waals surface area contributed by atoms with Crippen LogP contribution in [-0.2, 0) is 12.6 Å². The minimum atomic E-state index is -4.56. The molecular weight excluding hydrogens is 351 g/mol. The van der Waals surface area contributed by atoms with Crippen molar-refractivity contribution in [1.82, 2.24) is 15.3 Å². The van der Waals surface area contributed by atoms with Crippen LogP contribution in [0.25, 0.3) is 0 Å². The van der Waals surface area contributed by atoms with Crippen molar-refractivity contribution in [2.24, 2.45) is 0 Å². The lowest BCUT2D eigenvalue weighted by Gasteiger charge is -2.15. The van der Waals surface area contributed by atoms with Crippen LogP contribution in [0.1, 0.15) is 30.2 Å². The molecule has 0 saturated heterocycles. The van der Waals surface area contributed by atoms with Gasteiger partial charge < -0.3 is 10.6 Å². The fourth-order valence-corrected chi connectivity index (χ4v) is 2.38. The Hall–Kier alpha value is -2.55. The molecule has 0 amide bonds. The van der Waals surface area contributed by atoms with Crippen LogP contribution in [-0.4, -0.2) is 20.9 Å². The van der Waals surface area contributed by atoms with E-state index < -0.39 is 17.6 Å². The Morgan fingerprint density at radius 2 is 1.88 bits per heavy atom. The lowest BCUT2D eigenvalue weighted by atomic mass is 10.1. The predicted molar refractivity (Wildman–Crippen MR) is 93.7 cm³/mol. The molecule has 0 aliphatic heterocycles. The Morgan fingerprint density at radius 1 is 1.20 bits per heavy atom. The van der Waals surface area contributed by atoms with Gasteiger partial charge in [0.15, 0.2) is 10.9 Å². The monoisotopic (exact) mass is 367 g/mol. The third-order valence-electron chi connectivity index (χ3n) is 3.23. The van der Waals surface area contributed by atoms with E-state index in [0.717, 1.165) is 24.5 Å². The average Bonchev–Trinajstić information content (AvgIpc) is 2.55. The van der Waals surface area contributed by atoms with Gasteiger partial charge in [0.1, 0.15) is 11.5 Å². The Bertz CT molecular complexity index is 776. The molecule has 0 radical (unpaired) electrons. The lowest BCUT2D eigenvalue weighted by molar-refractivity contribution is -0.137. The molecule has 0 fully saturated rings. The molecule has 9 heteroatoms. The first-order valence-corrected chi connectivity index (χ1v) is 7.86. The summed E-state index contributed by atoms with van der Waals surface area (Å²) in [6, 6.07) is 5.71. The van der Waals surface area contributed by atoms with E-state index in [1.165, 1.54) is 12.3 Å². The molecule has 2 heterocycles. The molecule has 2 aromatic rings. The predicted octanol–water partition coefficient (Wildman–Crippen LogP) is 3.76. The van der Waals surface area contributed by atoms with E-state index in [4.69, 9.17) is 17.6 Å². The fourth-order valence-electron chi connectivity index (χ4n) is 2.18. The topological polar surface area (TPSA) is 73.7 Å². The van der Waals surface area contributed by atoms with Crippen LogP contribution < -0.4 is 10.6 Å². The van der Waals surface area contributed by atoms with Crippen LogP contribution in [0.3, 0.4) is 0 Å². The van der Waals surface area contributed by atoms with Crippen LogP contribution in [0.2, 0.25) is 0 Å². The minimum absolute atomic E-state index is 0.0916. The van der Waals surface area contributed by atoms with Gasteiger partial charge in [-0.1, -0.05) is 19.4 Å². The standard InChI is InChI=1S/C16H16F3N5S/c1-2-5-10-6-3-8-21-12(10)13(20)23-15(25)24-14-11(16(17,18)19)7-4-9-22-14/h3-4,6-9H,2,5H2,1H3,(H3,20,22,23,24,25). The highest BCUT2D eigenvalue weighted by atomic mass is 32.1. The number of hydrogen-bond acceptors (Lipinski definition) is 4. The fraction of sp³-hybridized carbons (Fsp3) is 0.250. The van der Waals surface area contributed by atoms with Gasteiger partial charge in [-0.2, -0.15) is 13.2 Å². The lowest BCUT2D eigenvalue weighted by Crippen LogP contribution is -2.36. The van der Waals surface area contributed by atoms with Crippen LogP contribution in [0, 0.1) is 5.41 Å². The molecule has 0 spiro atoms. The highest BCUT2D eigenvalue weighted by Crippen LogP contribution is 2.33. The van der Waals surface area contributed by atoms with Crippen molar-refractivity contribution in [3.63, 3.8) is 0 Å². The molecule has 0 aliphatic rings. The van der Waals surface area contributed by atoms with Gasteiger partial charge >= 0.3 is 6.18 Å². The maximum Gasteiger partial charge on any atom is 0.419 e. The van der Waals surface area contributed by atoms with Crippen molar-refractivity contribution in [3.05, 3.63) is 53.5 Å². The number of hydrogen-bond donors (Lipinski definition) is 3. The number of anilines is 1. The highest BCUT2D eigenvalue weighted by Gasteiger charge is 2.34. The van der Waals surface area contributed by atoms with Crippen LogP contribution in [0.4, 0.5) is 19.0 Å². The first kappa shape index (κ1) is 18.8. The summed E-state index contributed by atoms with van der Waals surface area (Å²) in [5.41, 5.74) is 0.333. The molecule has 2 rings (SSSR count). The Labute approximate surface area is 148 Å². The number of alkyl halides is 3. The summed E-state index contributed by atoms with van der Waals surface area (Å²) in [6.07, 6.45) is -0.191. The summed E-state index contributed by atoms with van der Waals surface area (Å²) in [4.78, 5) is 7.81. The van der Waals surface area contributed by atoms with Crippen molar-refractivity contribution in [3.8, 4) is 0 Å². The molecule has 0 atom stereocenters. The van der Waals surface area contributed by atoms with Crippen molar-refractivity contribution in [1.29, 1.82) is 5.41 Å². The molecule has 5 nitrogen and oxygen atoms in total. The molecular formula is C16H16F3N5S. The second-order valence-corrected chi connectivity index (χ2v) is 5.52. The first-order chi connectivity index (χ1) is 11.8. The summed E-state index contributed by atoms with van der Waals surface area (Å²) in [5, 5.41) is 12.9. The van der Waals surface area contributed by atoms with Gasteiger partial charge in [0.2, 0.25) is 0 Å². The largest absolute Gasteiger partial charge is 0.419 e. The number of thiocarbonyl (C=S) groups is 1. The van der Waals surface area contributed by atoms with E-state index in [1.54, 1.807) is 12.3 Å².